The molecule has 0 saturated carbocycles. The molecule has 0 N–H and O–H groups in total. The molecule has 0 aliphatic heterocycles. The fraction of sp³-hybridized carbons (Fsp3) is 0.263. The quantitative estimate of drug-likeness (QED) is 0.595. The summed E-state index contributed by atoms with van der Waals surface area (Å²) in [4.78, 5) is 0. The van der Waals surface area contributed by atoms with Crippen LogP contribution in [0.1, 0.15) is 42.9 Å². The van der Waals surface area contributed by atoms with Crippen LogP contribution in [-0.4, -0.2) is 0 Å². The Morgan fingerprint density at radius 2 is 1.58 bits per heavy atom. The number of unbranched alkanes of at least 4 members (excludes halogenated alkanes) is 2. The van der Waals surface area contributed by atoms with Gasteiger partial charge in [0.25, 0.3) is 0 Å². The van der Waals surface area contributed by atoms with Crippen molar-refractivity contribution in [2.24, 2.45) is 0 Å². The van der Waals surface area contributed by atoms with Crippen LogP contribution in [0.15, 0.2) is 61.2 Å². The van der Waals surface area contributed by atoms with E-state index in [1.807, 2.05) is 6.07 Å². The topological polar surface area (TPSA) is 0 Å². The van der Waals surface area contributed by atoms with Gasteiger partial charge in [0.05, 0.1) is 0 Å². The maximum atomic E-state index is 4.28. The number of benzene rings is 2. The third-order valence-corrected chi connectivity index (χ3v) is 3.51. The second kappa shape index (κ2) is 6.94. The van der Waals surface area contributed by atoms with E-state index in [1.165, 1.54) is 36.0 Å². The van der Waals surface area contributed by atoms with Crippen molar-refractivity contribution in [3.05, 3.63) is 77.9 Å². The van der Waals surface area contributed by atoms with E-state index in [0.717, 1.165) is 12.0 Å². The van der Waals surface area contributed by atoms with Gasteiger partial charge < -0.3 is 0 Å². The highest BCUT2D eigenvalue weighted by atomic mass is 14.1. The summed E-state index contributed by atoms with van der Waals surface area (Å²) in [5.41, 5.74) is 5.06. The average Bonchev–Trinajstić information content (AvgIpc) is 2.48. The minimum absolute atomic E-state index is 1.13. The van der Waals surface area contributed by atoms with Crippen molar-refractivity contribution in [3.63, 3.8) is 0 Å². The molecule has 0 atom stereocenters. The van der Waals surface area contributed by atoms with Crippen LogP contribution in [0.4, 0.5) is 0 Å². The molecule has 0 aliphatic carbocycles. The number of rotatable bonds is 6. The first-order chi connectivity index (χ1) is 9.33. The van der Waals surface area contributed by atoms with Gasteiger partial charge >= 0.3 is 0 Å². The molecule has 0 unspecified atom stereocenters. The molecule has 0 bridgehead atoms. The SMILES string of the molecule is C=C(c1ccccc1)c1ccccc1CCCCC. The third kappa shape index (κ3) is 3.57. The Hall–Kier alpha value is -1.82. The van der Waals surface area contributed by atoms with Gasteiger partial charge in [-0.25, -0.2) is 0 Å². The molecule has 98 valence electrons. The Bertz CT molecular complexity index is 523. The molecule has 2 rings (SSSR count). The zero-order valence-electron chi connectivity index (χ0n) is 11.7. The van der Waals surface area contributed by atoms with Crippen LogP contribution in [0.2, 0.25) is 0 Å². The highest BCUT2D eigenvalue weighted by Crippen LogP contribution is 2.25. The summed E-state index contributed by atoms with van der Waals surface area (Å²) in [5, 5.41) is 0. The van der Waals surface area contributed by atoms with Gasteiger partial charge in [-0.05, 0) is 35.1 Å². The average molecular weight is 250 g/mol. The summed E-state index contributed by atoms with van der Waals surface area (Å²) in [6.07, 6.45) is 4.97. The standard InChI is InChI=1S/C19H22/c1-3-4-6-13-18-14-9-10-15-19(18)16(2)17-11-7-5-8-12-17/h5,7-12,14-15H,2-4,6,13H2,1H3. The predicted molar refractivity (Wildman–Crippen MR) is 84.2 cm³/mol. The first kappa shape index (κ1) is 13.6. The van der Waals surface area contributed by atoms with Crippen molar-refractivity contribution in [2.75, 3.05) is 0 Å². The minimum atomic E-state index is 1.13. The second-order valence-electron chi connectivity index (χ2n) is 4.96. The van der Waals surface area contributed by atoms with Crippen LogP contribution in [0.25, 0.3) is 5.57 Å². The number of hydrogen-bond acceptors (Lipinski definition) is 0. The summed E-state index contributed by atoms with van der Waals surface area (Å²) in [6.45, 7) is 6.53. The van der Waals surface area contributed by atoms with Crippen molar-refractivity contribution in [3.8, 4) is 0 Å². The molecule has 0 heterocycles. The van der Waals surface area contributed by atoms with Crippen molar-refractivity contribution >= 4 is 5.57 Å². The lowest BCUT2D eigenvalue weighted by atomic mass is 9.93. The molecule has 0 radical (unpaired) electrons. The molecule has 19 heavy (non-hydrogen) atoms. The van der Waals surface area contributed by atoms with Gasteiger partial charge in [-0.2, -0.15) is 0 Å². The molecule has 0 aliphatic rings. The molecule has 2 aromatic carbocycles. The van der Waals surface area contributed by atoms with Crippen LogP contribution in [0.5, 0.6) is 0 Å². The molecule has 0 nitrogen and oxygen atoms in total. The van der Waals surface area contributed by atoms with E-state index in [0.29, 0.717) is 0 Å². The molecule has 0 heteroatoms. The maximum absolute atomic E-state index is 4.28. The molecule has 0 saturated heterocycles. The van der Waals surface area contributed by atoms with E-state index in [1.54, 1.807) is 0 Å². The fourth-order valence-corrected chi connectivity index (χ4v) is 2.39. The molecule has 0 fully saturated rings. The van der Waals surface area contributed by atoms with Crippen molar-refractivity contribution in [1.82, 2.24) is 0 Å². The lowest BCUT2D eigenvalue weighted by Crippen LogP contribution is -1.94. The first-order valence-corrected chi connectivity index (χ1v) is 7.15. The summed E-state index contributed by atoms with van der Waals surface area (Å²) in [6, 6.07) is 19.1. The zero-order chi connectivity index (χ0) is 13.5. The second-order valence-corrected chi connectivity index (χ2v) is 4.96. The van der Waals surface area contributed by atoms with Crippen LogP contribution in [0, 0.1) is 0 Å². The Labute approximate surface area is 116 Å². The van der Waals surface area contributed by atoms with Gasteiger partial charge in [0.1, 0.15) is 0 Å². The Morgan fingerprint density at radius 1 is 0.895 bits per heavy atom. The van der Waals surface area contributed by atoms with Crippen LogP contribution in [-0.2, 0) is 6.42 Å². The molecule has 0 aromatic heterocycles. The summed E-state index contributed by atoms with van der Waals surface area (Å²) in [7, 11) is 0. The van der Waals surface area contributed by atoms with Gasteiger partial charge in [-0.1, -0.05) is 80.9 Å². The molecular weight excluding hydrogens is 228 g/mol. The normalized spacial score (nSPS) is 10.4. The van der Waals surface area contributed by atoms with Gasteiger partial charge in [0, 0.05) is 0 Å². The third-order valence-electron chi connectivity index (χ3n) is 3.51. The van der Waals surface area contributed by atoms with E-state index < -0.39 is 0 Å². The van der Waals surface area contributed by atoms with Gasteiger partial charge in [0.2, 0.25) is 0 Å². The first-order valence-electron chi connectivity index (χ1n) is 7.15. The van der Waals surface area contributed by atoms with E-state index in [2.05, 4.69) is 62.0 Å². The van der Waals surface area contributed by atoms with Gasteiger partial charge in [-0.3, -0.25) is 0 Å². The highest BCUT2D eigenvalue weighted by molar-refractivity contribution is 5.79. The molecular formula is C19H22. The Morgan fingerprint density at radius 3 is 2.32 bits per heavy atom. The van der Waals surface area contributed by atoms with E-state index in [-0.39, 0.29) is 0 Å². The van der Waals surface area contributed by atoms with Crippen LogP contribution < -0.4 is 0 Å². The van der Waals surface area contributed by atoms with Crippen molar-refractivity contribution < 1.29 is 0 Å². The number of hydrogen-bond donors (Lipinski definition) is 0. The molecule has 0 spiro atoms. The van der Waals surface area contributed by atoms with E-state index in [9.17, 15) is 0 Å². The zero-order valence-corrected chi connectivity index (χ0v) is 11.7. The van der Waals surface area contributed by atoms with E-state index >= 15 is 0 Å². The lowest BCUT2D eigenvalue weighted by Gasteiger charge is -2.12. The lowest BCUT2D eigenvalue weighted by molar-refractivity contribution is 0.717. The maximum Gasteiger partial charge on any atom is -0.0152 e. The van der Waals surface area contributed by atoms with Gasteiger partial charge in [0.15, 0.2) is 0 Å². The largest absolute Gasteiger partial charge is 0.0905 e. The smallest absolute Gasteiger partial charge is 0.0152 e. The minimum Gasteiger partial charge on any atom is -0.0905 e. The monoisotopic (exact) mass is 250 g/mol. The highest BCUT2D eigenvalue weighted by Gasteiger charge is 2.06. The summed E-state index contributed by atoms with van der Waals surface area (Å²) >= 11 is 0. The fourth-order valence-electron chi connectivity index (χ4n) is 2.39. The molecule has 0 amide bonds. The number of aryl methyl sites for hydroxylation is 1. The van der Waals surface area contributed by atoms with Crippen LogP contribution in [0.3, 0.4) is 0 Å². The summed E-state index contributed by atoms with van der Waals surface area (Å²) in [5.74, 6) is 0. The predicted octanol–water partition coefficient (Wildman–Crippen LogP) is 5.48. The van der Waals surface area contributed by atoms with Gasteiger partial charge in [-0.15, -0.1) is 0 Å². The van der Waals surface area contributed by atoms with Crippen molar-refractivity contribution in [1.29, 1.82) is 0 Å². The van der Waals surface area contributed by atoms with Crippen LogP contribution >= 0.6 is 0 Å². The van der Waals surface area contributed by atoms with Crippen molar-refractivity contribution in [2.45, 2.75) is 32.6 Å². The Kier molecular flexibility index (Phi) is 4.97. The van der Waals surface area contributed by atoms with E-state index in [4.69, 9.17) is 0 Å². The molecule has 2 aromatic rings. The Balaban J connectivity index is 2.22. The summed E-state index contributed by atoms with van der Waals surface area (Å²) < 4.78 is 0.